The molecule has 1 fully saturated rings. The Hall–Kier alpha value is -3.29. The molecular weight excluding hydrogens is 438 g/mol. The maximum atomic E-state index is 13.5. The van der Waals surface area contributed by atoms with Crippen LogP contribution in [0.1, 0.15) is 41.9 Å². The van der Waals surface area contributed by atoms with Crippen LogP contribution in [0.5, 0.6) is 0 Å². The minimum atomic E-state index is -0.596. The second-order valence-electron chi connectivity index (χ2n) is 9.79. The van der Waals surface area contributed by atoms with E-state index in [-0.39, 0.29) is 18.0 Å². The van der Waals surface area contributed by atoms with E-state index in [2.05, 4.69) is 44.5 Å². The summed E-state index contributed by atoms with van der Waals surface area (Å²) < 4.78 is 0. The van der Waals surface area contributed by atoms with Gasteiger partial charge in [0, 0.05) is 49.9 Å². The number of benzene rings is 2. The summed E-state index contributed by atoms with van der Waals surface area (Å²) >= 11 is 0. The molecule has 1 saturated heterocycles. The van der Waals surface area contributed by atoms with Gasteiger partial charge in [0.25, 0.3) is 5.91 Å². The molecule has 3 heterocycles. The Bertz CT molecular complexity index is 1180. The molecule has 0 spiro atoms. The standard InChI is InChI=1S/C28H33N5O2/c1-19(2)29-26-16-23(30-27(31-26)21-9-4-3-5-10-21)28(35)33-15-13-24(25(34)18-33)32-14-12-20-8-6-7-11-22(20)17-32/h3-11,16,19,24-25,34H,12-15,17-18H2,1-2H3,(H,29,30,31)/t24-,25-/m0/s1. The van der Waals surface area contributed by atoms with Crippen molar-refractivity contribution in [2.45, 2.75) is 51.4 Å². The first-order valence-electron chi connectivity index (χ1n) is 12.5. The quantitative estimate of drug-likeness (QED) is 0.592. The van der Waals surface area contributed by atoms with Gasteiger partial charge in [0.2, 0.25) is 0 Å². The average molecular weight is 472 g/mol. The van der Waals surface area contributed by atoms with Crippen molar-refractivity contribution in [2.75, 3.05) is 25.0 Å². The number of carbonyl (C=O) groups is 1. The number of β-amino-alcohol motifs (C(OH)–C–C–N with tert-alkyl or cyclic N) is 1. The van der Waals surface area contributed by atoms with Crippen LogP contribution >= 0.6 is 0 Å². The Kier molecular flexibility index (Phi) is 6.79. The van der Waals surface area contributed by atoms with Crippen LogP contribution in [-0.2, 0) is 13.0 Å². The number of aromatic nitrogens is 2. The van der Waals surface area contributed by atoms with Crippen LogP contribution in [0, 0.1) is 0 Å². The zero-order chi connectivity index (χ0) is 24.4. The molecule has 2 atom stereocenters. The SMILES string of the molecule is CC(C)Nc1cc(C(=O)N2CC[C@H](N3CCc4ccccc4C3)[C@@H](O)C2)nc(-c2ccccc2)n1. The first-order chi connectivity index (χ1) is 17.0. The van der Waals surface area contributed by atoms with Crippen LogP contribution < -0.4 is 5.32 Å². The molecule has 0 aliphatic carbocycles. The van der Waals surface area contributed by atoms with E-state index in [9.17, 15) is 9.90 Å². The van der Waals surface area contributed by atoms with Crippen LogP contribution in [0.4, 0.5) is 5.82 Å². The van der Waals surface area contributed by atoms with Crippen LogP contribution in [0.2, 0.25) is 0 Å². The van der Waals surface area contributed by atoms with E-state index in [4.69, 9.17) is 0 Å². The molecule has 7 heteroatoms. The number of nitrogens with one attached hydrogen (secondary N) is 1. The summed E-state index contributed by atoms with van der Waals surface area (Å²) in [5.74, 6) is 0.972. The molecule has 1 amide bonds. The van der Waals surface area contributed by atoms with Crippen molar-refractivity contribution in [2.24, 2.45) is 0 Å². The third-order valence-electron chi connectivity index (χ3n) is 6.88. The zero-order valence-electron chi connectivity index (χ0n) is 20.4. The normalized spacial score (nSPS) is 20.5. The highest BCUT2D eigenvalue weighted by Gasteiger charge is 2.35. The summed E-state index contributed by atoms with van der Waals surface area (Å²) in [5.41, 5.74) is 3.94. The number of rotatable bonds is 5. The summed E-state index contributed by atoms with van der Waals surface area (Å²) in [6.07, 6.45) is 1.14. The minimum Gasteiger partial charge on any atom is -0.390 e. The summed E-state index contributed by atoms with van der Waals surface area (Å²) in [7, 11) is 0. The van der Waals surface area contributed by atoms with E-state index in [0.717, 1.165) is 31.5 Å². The van der Waals surface area contributed by atoms with Crippen LogP contribution in [0.25, 0.3) is 11.4 Å². The lowest BCUT2D eigenvalue weighted by Gasteiger charge is -2.43. The molecule has 2 N–H and O–H groups in total. The lowest BCUT2D eigenvalue weighted by molar-refractivity contribution is -0.0139. The average Bonchev–Trinajstić information content (AvgIpc) is 2.88. The van der Waals surface area contributed by atoms with Crippen molar-refractivity contribution in [3.63, 3.8) is 0 Å². The summed E-state index contributed by atoms with van der Waals surface area (Å²) in [6, 6.07) is 20.2. The van der Waals surface area contributed by atoms with Crippen molar-refractivity contribution < 1.29 is 9.90 Å². The Balaban J connectivity index is 1.32. The number of piperidine rings is 1. The molecule has 0 unspecified atom stereocenters. The molecule has 2 aromatic carbocycles. The molecule has 182 valence electrons. The lowest BCUT2D eigenvalue weighted by Crippen LogP contribution is -2.56. The zero-order valence-corrected chi connectivity index (χ0v) is 20.4. The third-order valence-corrected chi connectivity index (χ3v) is 6.88. The van der Waals surface area contributed by atoms with Crippen LogP contribution in [0.3, 0.4) is 0 Å². The van der Waals surface area contributed by atoms with Gasteiger partial charge in [-0.2, -0.15) is 0 Å². The molecule has 1 aromatic heterocycles. The topological polar surface area (TPSA) is 81.6 Å². The van der Waals surface area contributed by atoms with Crippen molar-refractivity contribution in [3.8, 4) is 11.4 Å². The molecule has 5 rings (SSSR count). The fourth-order valence-corrected chi connectivity index (χ4v) is 5.14. The molecule has 0 saturated carbocycles. The summed E-state index contributed by atoms with van der Waals surface area (Å²) in [5, 5.41) is 14.4. The number of amides is 1. The molecule has 2 aliphatic rings. The van der Waals surface area contributed by atoms with Gasteiger partial charge in [-0.25, -0.2) is 9.97 Å². The lowest BCUT2D eigenvalue weighted by atomic mass is 9.94. The van der Waals surface area contributed by atoms with E-state index < -0.39 is 6.10 Å². The minimum absolute atomic E-state index is 0.0517. The van der Waals surface area contributed by atoms with Gasteiger partial charge >= 0.3 is 0 Å². The fraction of sp³-hybridized carbons (Fsp3) is 0.393. The number of carbonyl (C=O) groups excluding carboxylic acids is 1. The number of anilines is 1. The molecule has 0 radical (unpaired) electrons. The second-order valence-corrected chi connectivity index (χ2v) is 9.79. The monoisotopic (exact) mass is 471 g/mol. The number of hydrogen-bond donors (Lipinski definition) is 2. The first-order valence-corrected chi connectivity index (χ1v) is 12.5. The van der Waals surface area contributed by atoms with E-state index >= 15 is 0 Å². The molecule has 0 bridgehead atoms. The van der Waals surface area contributed by atoms with Gasteiger partial charge in [-0.05, 0) is 37.8 Å². The highest BCUT2D eigenvalue weighted by molar-refractivity contribution is 5.93. The van der Waals surface area contributed by atoms with E-state index in [1.807, 2.05) is 44.2 Å². The van der Waals surface area contributed by atoms with Crippen molar-refractivity contribution >= 4 is 11.7 Å². The van der Waals surface area contributed by atoms with Crippen molar-refractivity contribution in [1.29, 1.82) is 0 Å². The van der Waals surface area contributed by atoms with Gasteiger partial charge in [0.15, 0.2) is 5.82 Å². The number of likely N-dealkylation sites (tertiary alicyclic amines) is 1. The fourth-order valence-electron chi connectivity index (χ4n) is 5.14. The number of nitrogens with zero attached hydrogens (tertiary/aromatic N) is 4. The molecule has 35 heavy (non-hydrogen) atoms. The maximum absolute atomic E-state index is 13.5. The summed E-state index contributed by atoms with van der Waals surface area (Å²) in [6.45, 7) is 6.75. The van der Waals surface area contributed by atoms with Crippen molar-refractivity contribution in [1.82, 2.24) is 19.8 Å². The van der Waals surface area contributed by atoms with Crippen LogP contribution in [-0.4, -0.2) is 68.6 Å². The molecular formula is C28H33N5O2. The van der Waals surface area contributed by atoms with Gasteiger partial charge < -0.3 is 15.3 Å². The van der Waals surface area contributed by atoms with Gasteiger partial charge in [-0.15, -0.1) is 0 Å². The number of fused-ring (bicyclic) bond motifs is 1. The van der Waals surface area contributed by atoms with Gasteiger partial charge in [-0.1, -0.05) is 54.6 Å². The van der Waals surface area contributed by atoms with Gasteiger partial charge in [0.1, 0.15) is 11.5 Å². The van der Waals surface area contributed by atoms with Crippen LogP contribution in [0.15, 0.2) is 60.7 Å². The van der Waals surface area contributed by atoms with Gasteiger partial charge in [-0.3, -0.25) is 9.69 Å². The smallest absolute Gasteiger partial charge is 0.272 e. The third kappa shape index (κ3) is 5.21. The van der Waals surface area contributed by atoms with E-state index in [1.54, 1.807) is 11.0 Å². The predicted octanol–water partition coefficient (Wildman–Crippen LogP) is 3.60. The molecule has 7 nitrogen and oxygen atoms in total. The Morgan fingerprint density at radius 3 is 2.51 bits per heavy atom. The highest BCUT2D eigenvalue weighted by Crippen LogP contribution is 2.26. The molecule has 3 aromatic rings. The number of aliphatic hydroxyl groups excluding tert-OH is 1. The number of hydrogen-bond acceptors (Lipinski definition) is 6. The Morgan fingerprint density at radius 2 is 1.77 bits per heavy atom. The molecule has 2 aliphatic heterocycles. The second kappa shape index (κ2) is 10.1. The maximum Gasteiger partial charge on any atom is 0.272 e. The summed E-state index contributed by atoms with van der Waals surface area (Å²) in [4.78, 5) is 26.8. The Labute approximate surface area is 206 Å². The highest BCUT2D eigenvalue weighted by atomic mass is 16.3. The predicted molar refractivity (Wildman–Crippen MR) is 137 cm³/mol. The number of aliphatic hydroxyl groups is 1. The Morgan fingerprint density at radius 1 is 1.03 bits per heavy atom. The van der Waals surface area contributed by atoms with Gasteiger partial charge in [0.05, 0.1) is 6.10 Å². The largest absolute Gasteiger partial charge is 0.390 e. The van der Waals surface area contributed by atoms with E-state index in [0.29, 0.717) is 30.4 Å². The van der Waals surface area contributed by atoms with E-state index in [1.165, 1.54) is 11.1 Å². The van der Waals surface area contributed by atoms with Crippen molar-refractivity contribution in [3.05, 3.63) is 77.5 Å². The first kappa shape index (κ1) is 23.5.